The molecule has 0 aromatic heterocycles. The molecule has 0 amide bonds. The SMILES string of the molecule is CCCCCCCCCCCCNCCCCCC(=O)O. The number of aliphatic carboxylic acids is 1. The highest BCUT2D eigenvalue weighted by Crippen LogP contribution is 2.10. The molecule has 0 aromatic carbocycles. The molecule has 0 bridgehead atoms. The summed E-state index contributed by atoms with van der Waals surface area (Å²) in [6, 6.07) is 0. The third-order valence-electron chi connectivity index (χ3n) is 3.95. The van der Waals surface area contributed by atoms with Gasteiger partial charge in [-0.25, -0.2) is 0 Å². The van der Waals surface area contributed by atoms with Crippen LogP contribution in [0.4, 0.5) is 0 Å². The summed E-state index contributed by atoms with van der Waals surface area (Å²) in [4.78, 5) is 10.3. The minimum absolute atomic E-state index is 0.318. The molecule has 0 aromatic rings. The van der Waals surface area contributed by atoms with E-state index in [1.807, 2.05) is 0 Å². The van der Waals surface area contributed by atoms with Crippen LogP contribution in [-0.2, 0) is 4.79 Å². The van der Waals surface area contributed by atoms with E-state index in [1.54, 1.807) is 0 Å². The van der Waals surface area contributed by atoms with E-state index in [1.165, 1.54) is 64.2 Å². The van der Waals surface area contributed by atoms with Crippen molar-refractivity contribution in [2.24, 2.45) is 0 Å². The number of unbranched alkanes of at least 4 members (excludes halogenated alkanes) is 11. The first-order valence-corrected chi connectivity index (χ1v) is 9.20. The molecule has 0 radical (unpaired) electrons. The normalized spacial score (nSPS) is 10.9. The lowest BCUT2D eigenvalue weighted by atomic mass is 10.1. The van der Waals surface area contributed by atoms with E-state index in [-0.39, 0.29) is 0 Å². The van der Waals surface area contributed by atoms with Gasteiger partial charge in [-0.05, 0) is 32.4 Å². The first kappa shape index (κ1) is 20.4. The fourth-order valence-electron chi connectivity index (χ4n) is 2.57. The van der Waals surface area contributed by atoms with Crippen molar-refractivity contribution in [2.75, 3.05) is 13.1 Å². The number of carbonyl (C=O) groups is 1. The largest absolute Gasteiger partial charge is 0.481 e. The molecule has 0 rings (SSSR count). The van der Waals surface area contributed by atoms with Crippen LogP contribution in [-0.4, -0.2) is 24.2 Å². The fourth-order valence-corrected chi connectivity index (χ4v) is 2.57. The Balaban J connectivity index is 2.95. The van der Waals surface area contributed by atoms with Crippen LogP contribution in [0, 0.1) is 0 Å². The highest BCUT2D eigenvalue weighted by atomic mass is 16.4. The molecule has 0 aliphatic heterocycles. The monoisotopic (exact) mass is 299 g/mol. The Morgan fingerprint density at radius 2 is 1.14 bits per heavy atom. The predicted octanol–water partition coefficient (Wildman–Crippen LogP) is 5.14. The average molecular weight is 299 g/mol. The molecule has 2 N–H and O–H groups in total. The molecule has 0 fully saturated rings. The lowest BCUT2D eigenvalue weighted by Crippen LogP contribution is -2.16. The van der Waals surface area contributed by atoms with Gasteiger partial charge >= 0.3 is 5.97 Å². The maximum absolute atomic E-state index is 10.3. The number of hydrogen-bond acceptors (Lipinski definition) is 2. The quantitative estimate of drug-likeness (QED) is 0.365. The van der Waals surface area contributed by atoms with Crippen LogP contribution in [0.3, 0.4) is 0 Å². The van der Waals surface area contributed by atoms with Gasteiger partial charge in [-0.2, -0.15) is 0 Å². The van der Waals surface area contributed by atoms with Crippen molar-refractivity contribution in [3.8, 4) is 0 Å². The second kappa shape index (κ2) is 17.5. The minimum Gasteiger partial charge on any atom is -0.481 e. The molecular weight excluding hydrogens is 262 g/mol. The van der Waals surface area contributed by atoms with Gasteiger partial charge in [-0.3, -0.25) is 4.79 Å². The molecule has 3 heteroatoms. The van der Waals surface area contributed by atoms with Crippen LogP contribution < -0.4 is 5.32 Å². The van der Waals surface area contributed by atoms with Crippen LogP contribution in [0.2, 0.25) is 0 Å². The Hall–Kier alpha value is -0.570. The van der Waals surface area contributed by atoms with Gasteiger partial charge in [-0.1, -0.05) is 71.1 Å². The molecule has 21 heavy (non-hydrogen) atoms. The molecule has 0 saturated heterocycles. The van der Waals surface area contributed by atoms with E-state index in [9.17, 15) is 4.79 Å². The molecule has 0 saturated carbocycles. The van der Waals surface area contributed by atoms with E-state index in [0.717, 1.165) is 32.4 Å². The Kier molecular flexibility index (Phi) is 17.0. The Bertz CT molecular complexity index is 219. The summed E-state index contributed by atoms with van der Waals surface area (Å²) < 4.78 is 0. The number of carboxylic acid groups (broad SMARTS) is 1. The van der Waals surface area contributed by atoms with E-state index in [4.69, 9.17) is 5.11 Å². The molecule has 126 valence electrons. The molecule has 0 spiro atoms. The summed E-state index contributed by atoms with van der Waals surface area (Å²) >= 11 is 0. The summed E-state index contributed by atoms with van der Waals surface area (Å²) in [5.41, 5.74) is 0. The fraction of sp³-hybridized carbons (Fsp3) is 0.944. The van der Waals surface area contributed by atoms with Crippen LogP contribution in [0.15, 0.2) is 0 Å². The topological polar surface area (TPSA) is 49.3 Å². The highest BCUT2D eigenvalue weighted by Gasteiger charge is 1.96. The number of rotatable bonds is 17. The van der Waals surface area contributed by atoms with Crippen LogP contribution in [0.5, 0.6) is 0 Å². The number of nitrogens with one attached hydrogen (secondary N) is 1. The van der Waals surface area contributed by atoms with Crippen LogP contribution >= 0.6 is 0 Å². The molecule has 0 unspecified atom stereocenters. The second-order valence-electron chi connectivity index (χ2n) is 6.14. The van der Waals surface area contributed by atoms with Crippen LogP contribution in [0.1, 0.15) is 96.8 Å². The van der Waals surface area contributed by atoms with Gasteiger partial charge in [0.25, 0.3) is 0 Å². The molecule has 0 aliphatic carbocycles. The van der Waals surface area contributed by atoms with Gasteiger partial charge in [0.15, 0.2) is 0 Å². The zero-order valence-electron chi connectivity index (χ0n) is 14.2. The van der Waals surface area contributed by atoms with E-state index < -0.39 is 5.97 Å². The minimum atomic E-state index is -0.673. The lowest BCUT2D eigenvalue weighted by molar-refractivity contribution is -0.137. The van der Waals surface area contributed by atoms with Crippen molar-refractivity contribution in [2.45, 2.75) is 96.8 Å². The summed E-state index contributed by atoms with van der Waals surface area (Å²) in [6.45, 7) is 4.43. The van der Waals surface area contributed by atoms with Crippen molar-refractivity contribution in [3.05, 3.63) is 0 Å². The van der Waals surface area contributed by atoms with Gasteiger partial charge in [0.2, 0.25) is 0 Å². The molecule has 0 heterocycles. The zero-order chi connectivity index (χ0) is 15.6. The van der Waals surface area contributed by atoms with E-state index in [2.05, 4.69) is 12.2 Å². The summed E-state index contributed by atoms with van der Waals surface area (Å²) in [5.74, 6) is -0.673. The van der Waals surface area contributed by atoms with Crippen LogP contribution in [0.25, 0.3) is 0 Å². The Morgan fingerprint density at radius 3 is 1.62 bits per heavy atom. The first-order valence-electron chi connectivity index (χ1n) is 9.20. The number of carboxylic acids is 1. The van der Waals surface area contributed by atoms with Gasteiger partial charge in [0, 0.05) is 6.42 Å². The molecule has 0 atom stereocenters. The first-order chi connectivity index (χ1) is 10.3. The highest BCUT2D eigenvalue weighted by molar-refractivity contribution is 5.66. The lowest BCUT2D eigenvalue weighted by Gasteiger charge is -2.05. The zero-order valence-corrected chi connectivity index (χ0v) is 14.2. The standard InChI is InChI=1S/C18H37NO2/c1-2-3-4-5-6-7-8-9-10-13-16-19-17-14-11-12-15-18(20)21/h19H,2-17H2,1H3,(H,20,21). The predicted molar refractivity (Wildman–Crippen MR) is 90.8 cm³/mol. The number of hydrogen-bond donors (Lipinski definition) is 2. The molecule has 0 aliphatic rings. The van der Waals surface area contributed by atoms with E-state index in [0.29, 0.717) is 6.42 Å². The smallest absolute Gasteiger partial charge is 0.303 e. The van der Waals surface area contributed by atoms with Crippen molar-refractivity contribution in [3.63, 3.8) is 0 Å². The third kappa shape index (κ3) is 19.4. The molecular formula is C18H37NO2. The van der Waals surface area contributed by atoms with Gasteiger partial charge in [0.05, 0.1) is 0 Å². The van der Waals surface area contributed by atoms with E-state index >= 15 is 0 Å². The summed E-state index contributed by atoms with van der Waals surface area (Å²) in [6.07, 6.45) is 17.1. The van der Waals surface area contributed by atoms with Crippen molar-refractivity contribution in [1.29, 1.82) is 0 Å². The van der Waals surface area contributed by atoms with Gasteiger partial charge in [-0.15, -0.1) is 0 Å². The average Bonchev–Trinajstić information content (AvgIpc) is 2.46. The van der Waals surface area contributed by atoms with Crippen molar-refractivity contribution < 1.29 is 9.90 Å². The summed E-state index contributed by atoms with van der Waals surface area (Å²) in [5, 5.41) is 12.0. The maximum Gasteiger partial charge on any atom is 0.303 e. The summed E-state index contributed by atoms with van der Waals surface area (Å²) in [7, 11) is 0. The third-order valence-corrected chi connectivity index (χ3v) is 3.95. The van der Waals surface area contributed by atoms with Crippen molar-refractivity contribution >= 4 is 5.97 Å². The van der Waals surface area contributed by atoms with Crippen molar-refractivity contribution in [1.82, 2.24) is 5.32 Å². The Labute approximate surface area is 131 Å². The molecule has 3 nitrogen and oxygen atoms in total. The van der Waals surface area contributed by atoms with Gasteiger partial charge in [0.1, 0.15) is 0 Å². The maximum atomic E-state index is 10.3. The Morgan fingerprint density at radius 1 is 0.714 bits per heavy atom. The van der Waals surface area contributed by atoms with Gasteiger partial charge < -0.3 is 10.4 Å². The second-order valence-corrected chi connectivity index (χ2v) is 6.14.